The van der Waals surface area contributed by atoms with Gasteiger partial charge in [0.1, 0.15) is 18.0 Å². The first-order valence-corrected chi connectivity index (χ1v) is 20.1. The molecule has 2 saturated heterocycles. The van der Waals surface area contributed by atoms with E-state index in [0.717, 1.165) is 34.4 Å². The number of nitrogens with one attached hydrogen (secondary N) is 1. The number of aromatic nitrogens is 3. The summed E-state index contributed by atoms with van der Waals surface area (Å²) < 4.78 is 27.9. The van der Waals surface area contributed by atoms with E-state index in [4.69, 9.17) is 38.4 Å². The van der Waals surface area contributed by atoms with Crippen molar-refractivity contribution in [3.63, 3.8) is 0 Å². The number of rotatable bonds is 13. The second kappa shape index (κ2) is 17.2. The Morgan fingerprint density at radius 3 is 2.68 bits per heavy atom. The molecule has 3 N–H and O–H groups in total. The number of fused-ring (bicyclic) bond motifs is 1. The maximum absolute atomic E-state index is 14.1. The molecular weight excluding hydrogens is 784 g/mol. The molecule has 2 aromatic heterocycles. The van der Waals surface area contributed by atoms with Gasteiger partial charge in [-0.2, -0.15) is 5.10 Å². The molecule has 4 amide bonds. The van der Waals surface area contributed by atoms with Gasteiger partial charge in [0.15, 0.2) is 11.6 Å². The Morgan fingerprint density at radius 1 is 1.09 bits per heavy atom. The van der Waals surface area contributed by atoms with Crippen molar-refractivity contribution in [1.29, 1.82) is 0 Å². The van der Waals surface area contributed by atoms with E-state index < -0.39 is 23.9 Å². The highest BCUT2D eigenvalue weighted by atomic mass is 35.5. The number of likely N-dealkylation sites (tertiary alicyclic amines) is 1. The van der Waals surface area contributed by atoms with Gasteiger partial charge in [-0.1, -0.05) is 29.3 Å². The van der Waals surface area contributed by atoms with Crippen LogP contribution in [0.4, 0.5) is 10.2 Å². The fourth-order valence-corrected chi connectivity index (χ4v) is 8.88. The number of carbonyl (C=O) groups is 4. The van der Waals surface area contributed by atoms with E-state index in [2.05, 4.69) is 15.4 Å². The van der Waals surface area contributed by atoms with Gasteiger partial charge in [0.25, 0.3) is 5.91 Å². The number of hydrogen-bond donors (Lipinski definition) is 2. The Bertz CT molecular complexity index is 2160. The lowest BCUT2D eigenvalue weighted by Gasteiger charge is -2.32. The summed E-state index contributed by atoms with van der Waals surface area (Å²) in [5.74, 6) is -0.412. The van der Waals surface area contributed by atoms with Crippen molar-refractivity contribution in [2.24, 2.45) is 0 Å². The summed E-state index contributed by atoms with van der Waals surface area (Å²) in [7, 11) is 0. The van der Waals surface area contributed by atoms with Crippen molar-refractivity contribution in [1.82, 2.24) is 29.9 Å². The predicted octanol–water partition coefficient (Wildman–Crippen LogP) is 6.24. The van der Waals surface area contributed by atoms with Crippen LogP contribution in [0.1, 0.15) is 72.7 Å². The summed E-state index contributed by atoms with van der Waals surface area (Å²) in [5, 5.41) is 7.10. The molecule has 2 atom stereocenters. The lowest BCUT2D eigenvalue weighted by Crippen LogP contribution is -2.52. The molecule has 4 aromatic rings. The van der Waals surface area contributed by atoms with Gasteiger partial charge in [-0.05, 0) is 62.1 Å². The quantitative estimate of drug-likeness (QED) is 0.0684. The van der Waals surface area contributed by atoms with Crippen molar-refractivity contribution < 1.29 is 33.0 Å². The van der Waals surface area contributed by atoms with Gasteiger partial charge >= 0.3 is 0 Å². The fourth-order valence-electron chi connectivity index (χ4n) is 7.26. The van der Waals surface area contributed by atoms with Crippen molar-refractivity contribution in [3.8, 4) is 16.9 Å². The highest BCUT2D eigenvalue weighted by molar-refractivity contribution is 7.99. The molecule has 0 aliphatic carbocycles. The second-order valence-corrected chi connectivity index (χ2v) is 15.8. The minimum atomic E-state index is -0.705. The Morgan fingerprint density at radius 2 is 1.89 bits per heavy atom. The number of thioether (sulfide) groups is 1. The highest BCUT2D eigenvalue weighted by Crippen LogP contribution is 2.38. The summed E-state index contributed by atoms with van der Waals surface area (Å²) in [5.41, 5.74) is 9.43. The molecule has 2 unspecified atom stereocenters. The number of carbonyl (C=O) groups excluding carboxylic acids is 4. The lowest BCUT2D eigenvalue weighted by molar-refractivity contribution is -0.137. The zero-order chi connectivity index (χ0) is 39.5. The number of hydrogen-bond acceptors (Lipinski definition) is 10. The van der Waals surface area contributed by atoms with E-state index in [1.165, 1.54) is 12.1 Å². The zero-order valence-electron chi connectivity index (χ0n) is 30.5. The zero-order valence-corrected chi connectivity index (χ0v) is 32.8. The van der Waals surface area contributed by atoms with Crippen molar-refractivity contribution >= 4 is 64.4 Å². The van der Waals surface area contributed by atoms with Gasteiger partial charge in [-0.15, -0.1) is 11.8 Å². The normalized spacial score (nSPS) is 17.9. The van der Waals surface area contributed by atoms with E-state index in [1.54, 1.807) is 48.1 Å². The maximum Gasteiger partial charge on any atom is 0.255 e. The van der Waals surface area contributed by atoms with Crippen molar-refractivity contribution in [3.05, 3.63) is 87.5 Å². The standard InChI is InChI=1S/C39H40Cl2FN7O6S/c1-22(35-28(40)5-6-29(42)36(35)41)55-31-17-23(18-44-37(31)43)24-19-45-49(20-24)25-9-12-47(13-10-25)34(51)11-14-54-15-16-56-32-4-2-3-26-27(32)21-48(39(26)53)30-7-8-33(50)46-38(30)52/h2-6,17-20,22,25,30H,7-16,21H2,1H3,(H2,43,44)(H,46,50,52). The first-order valence-electron chi connectivity index (χ1n) is 18.3. The van der Waals surface area contributed by atoms with Crippen LogP contribution in [0.2, 0.25) is 10.0 Å². The number of nitrogen functional groups attached to an aromatic ring is 1. The van der Waals surface area contributed by atoms with E-state index in [0.29, 0.717) is 61.9 Å². The van der Waals surface area contributed by atoms with Crippen LogP contribution in [0.5, 0.6) is 5.75 Å². The Labute approximate surface area is 337 Å². The van der Waals surface area contributed by atoms with Crippen LogP contribution in [-0.4, -0.2) is 86.3 Å². The minimum Gasteiger partial charge on any atom is -0.482 e. The average molecular weight is 825 g/mol. The molecule has 7 rings (SSSR count). The number of benzene rings is 2. The fraction of sp³-hybridized carbons (Fsp3) is 0.385. The number of nitrogens with two attached hydrogens (primary N) is 1. The van der Waals surface area contributed by atoms with Gasteiger partial charge in [0, 0.05) is 76.4 Å². The molecule has 5 heterocycles. The molecule has 3 aliphatic heterocycles. The molecule has 2 fully saturated rings. The Kier molecular flexibility index (Phi) is 12.1. The molecule has 17 heteroatoms. The summed E-state index contributed by atoms with van der Waals surface area (Å²) in [4.78, 5) is 58.7. The molecule has 0 radical (unpaired) electrons. The molecular formula is C39H40Cl2FN7O6S. The summed E-state index contributed by atoms with van der Waals surface area (Å²) in [6.07, 6.45) is 6.91. The van der Waals surface area contributed by atoms with Crippen LogP contribution in [-0.2, 0) is 25.7 Å². The van der Waals surface area contributed by atoms with Crippen LogP contribution in [0.25, 0.3) is 11.1 Å². The third-order valence-electron chi connectivity index (χ3n) is 10.3. The Balaban J connectivity index is 0.842. The third kappa shape index (κ3) is 8.50. The van der Waals surface area contributed by atoms with Gasteiger partial charge in [-0.25, -0.2) is 9.37 Å². The van der Waals surface area contributed by atoms with Crippen LogP contribution >= 0.6 is 35.0 Å². The summed E-state index contributed by atoms with van der Waals surface area (Å²) >= 11 is 14.0. The van der Waals surface area contributed by atoms with Gasteiger partial charge < -0.3 is 25.0 Å². The molecule has 56 heavy (non-hydrogen) atoms. The lowest BCUT2D eigenvalue weighted by atomic mass is 10.0. The SMILES string of the molecule is CC(Oc1cc(-c2cnn(C3CCN(C(=O)CCOCCSc4cccc5c4CN(C4CCC(=O)NC4=O)C5=O)CC3)c2)cnc1N)c1c(Cl)ccc(F)c1Cl. The van der Waals surface area contributed by atoms with Crippen LogP contribution in [0, 0.1) is 5.82 Å². The Hall–Kier alpha value is -4.70. The molecule has 2 aromatic carbocycles. The number of anilines is 1. The largest absolute Gasteiger partial charge is 0.482 e. The van der Waals surface area contributed by atoms with E-state index in [-0.39, 0.29) is 52.5 Å². The van der Waals surface area contributed by atoms with E-state index >= 15 is 0 Å². The number of halogens is 3. The van der Waals surface area contributed by atoms with Crippen LogP contribution in [0.15, 0.2) is 59.9 Å². The molecule has 0 bridgehead atoms. The average Bonchev–Trinajstić information content (AvgIpc) is 3.81. The number of nitrogens with zero attached hydrogens (tertiary/aromatic N) is 5. The minimum absolute atomic E-state index is 0.0423. The summed E-state index contributed by atoms with van der Waals surface area (Å²) in [6, 6.07) is 9.38. The molecule has 13 nitrogen and oxygen atoms in total. The molecule has 3 aliphatic rings. The number of pyridine rings is 1. The number of piperidine rings is 2. The first kappa shape index (κ1) is 39.5. The predicted molar refractivity (Wildman–Crippen MR) is 209 cm³/mol. The van der Waals surface area contributed by atoms with E-state index in [1.807, 2.05) is 27.9 Å². The van der Waals surface area contributed by atoms with Crippen LogP contribution < -0.4 is 15.8 Å². The van der Waals surface area contributed by atoms with Crippen molar-refractivity contribution in [2.75, 3.05) is 37.8 Å². The van der Waals surface area contributed by atoms with Gasteiger partial charge in [0.05, 0.1) is 36.9 Å². The molecule has 0 spiro atoms. The smallest absolute Gasteiger partial charge is 0.255 e. The number of amides is 4. The second-order valence-electron chi connectivity index (χ2n) is 13.8. The van der Waals surface area contributed by atoms with E-state index in [9.17, 15) is 23.6 Å². The third-order valence-corrected chi connectivity index (χ3v) is 12.1. The topological polar surface area (TPSA) is 162 Å². The number of imide groups is 1. The monoisotopic (exact) mass is 823 g/mol. The first-order chi connectivity index (χ1) is 27.0. The maximum atomic E-state index is 14.1. The molecule has 0 saturated carbocycles. The highest BCUT2D eigenvalue weighted by Gasteiger charge is 2.40. The van der Waals surface area contributed by atoms with Crippen LogP contribution in [0.3, 0.4) is 0 Å². The van der Waals surface area contributed by atoms with Gasteiger partial charge in [-0.3, -0.25) is 29.2 Å². The number of ether oxygens (including phenoxy) is 2. The molecule has 294 valence electrons. The van der Waals surface area contributed by atoms with Gasteiger partial charge in [0.2, 0.25) is 17.7 Å². The van der Waals surface area contributed by atoms with Crippen molar-refractivity contribution in [2.45, 2.75) is 68.7 Å². The summed E-state index contributed by atoms with van der Waals surface area (Å²) in [6.45, 7) is 3.96.